The Balaban J connectivity index is 1.21. The van der Waals surface area contributed by atoms with Crippen molar-refractivity contribution in [1.82, 2.24) is 9.88 Å². The summed E-state index contributed by atoms with van der Waals surface area (Å²) in [5.41, 5.74) is 2.64. The Morgan fingerprint density at radius 2 is 1.81 bits per heavy atom. The van der Waals surface area contributed by atoms with Gasteiger partial charge in [-0.3, -0.25) is 0 Å². The van der Waals surface area contributed by atoms with E-state index in [1.165, 1.54) is 35.0 Å². The second-order valence-electron chi connectivity index (χ2n) is 7.08. The standard InChI is InChI=1S/C22H25FN2O/c23-18-7-9-19(10-8-18)26-20-11-14-25(15-12-20)13-3-4-17-16-24-22-6-2-1-5-21(17)22/h1-2,5-10,16,20,24H,3-4,11-15H2. The summed E-state index contributed by atoms with van der Waals surface area (Å²) in [4.78, 5) is 5.88. The van der Waals surface area contributed by atoms with Gasteiger partial charge in [-0.05, 0) is 68.1 Å². The Hall–Kier alpha value is -2.33. The summed E-state index contributed by atoms with van der Waals surface area (Å²) in [5.74, 6) is 0.548. The van der Waals surface area contributed by atoms with Crippen molar-refractivity contribution in [3.05, 3.63) is 66.1 Å². The van der Waals surface area contributed by atoms with Crippen LogP contribution in [0.2, 0.25) is 0 Å². The molecule has 0 radical (unpaired) electrons. The number of halogens is 1. The predicted octanol–water partition coefficient (Wildman–Crippen LogP) is 4.78. The Bertz CT molecular complexity index is 835. The number of likely N-dealkylation sites (tertiary alicyclic amines) is 1. The lowest BCUT2D eigenvalue weighted by atomic mass is 10.1. The van der Waals surface area contributed by atoms with E-state index in [0.717, 1.165) is 44.6 Å². The number of fused-ring (bicyclic) bond motifs is 1. The van der Waals surface area contributed by atoms with Crippen LogP contribution in [-0.2, 0) is 6.42 Å². The molecule has 2 heterocycles. The minimum absolute atomic E-state index is 0.220. The molecule has 0 spiro atoms. The van der Waals surface area contributed by atoms with Gasteiger partial charge in [0, 0.05) is 30.2 Å². The number of nitrogens with one attached hydrogen (secondary N) is 1. The number of hydrogen-bond donors (Lipinski definition) is 1. The van der Waals surface area contributed by atoms with Gasteiger partial charge in [-0.15, -0.1) is 0 Å². The van der Waals surface area contributed by atoms with Crippen molar-refractivity contribution in [3.8, 4) is 5.75 Å². The zero-order valence-corrected chi connectivity index (χ0v) is 15.0. The first-order chi connectivity index (χ1) is 12.8. The quantitative estimate of drug-likeness (QED) is 0.691. The fourth-order valence-corrected chi connectivity index (χ4v) is 3.79. The number of piperidine rings is 1. The van der Waals surface area contributed by atoms with Crippen LogP contribution in [0.25, 0.3) is 10.9 Å². The van der Waals surface area contributed by atoms with Gasteiger partial charge in [0.05, 0.1) is 0 Å². The molecule has 1 fully saturated rings. The van der Waals surface area contributed by atoms with Crippen LogP contribution < -0.4 is 4.74 Å². The first-order valence-corrected chi connectivity index (χ1v) is 9.47. The van der Waals surface area contributed by atoms with Crippen LogP contribution in [0.4, 0.5) is 4.39 Å². The zero-order valence-electron chi connectivity index (χ0n) is 15.0. The van der Waals surface area contributed by atoms with Crippen LogP contribution in [0.1, 0.15) is 24.8 Å². The summed E-state index contributed by atoms with van der Waals surface area (Å²) in [6.45, 7) is 3.27. The lowest BCUT2D eigenvalue weighted by molar-refractivity contribution is 0.0999. The third-order valence-corrected chi connectivity index (χ3v) is 5.25. The minimum Gasteiger partial charge on any atom is -0.490 e. The number of nitrogens with zero attached hydrogens (tertiary/aromatic N) is 1. The highest BCUT2D eigenvalue weighted by atomic mass is 19.1. The maximum atomic E-state index is 13.0. The van der Waals surface area contributed by atoms with Gasteiger partial charge in [0.1, 0.15) is 17.7 Å². The highest BCUT2D eigenvalue weighted by Gasteiger charge is 2.20. The zero-order chi connectivity index (χ0) is 17.8. The lowest BCUT2D eigenvalue weighted by Crippen LogP contribution is -2.38. The first-order valence-electron chi connectivity index (χ1n) is 9.47. The number of hydrogen-bond acceptors (Lipinski definition) is 2. The van der Waals surface area contributed by atoms with Crippen LogP contribution in [-0.4, -0.2) is 35.6 Å². The van der Waals surface area contributed by atoms with Crippen LogP contribution in [0.15, 0.2) is 54.7 Å². The maximum Gasteiger partial charge on any atom is 0.123 e. The van der Waals surface area contributed by atoms with Crippen LogP contribution in [0, 0.1) is 5.82 Å². The molecule has 1 N–H and O–H groups in total. The number of ether oxygens (including phenoxy) is 1. The summed E-state index contributed by atoms with van der Waals surface area (Å²) in [7, 11) is 0. The number of aryl methyl sites for hydroxylation is 1. The average molecular weight is 352 g/mol. The van der Waals surface area contributed by atoms with E-state index < -0.39 is 0 Å². The SMILES string of the molecule is Fc1ccc(OC2CCN(CCCc3c[nH]c4ccccc34)CC2)cc1. The van der Waals surface area contributed by atoms with Gasteiger partial charge in [-0.1, -0.05) is 18.2 Å². The molecule has 26 heavy (non-hydrogen) atoms. The van der Waals surface area contributed by atoms with Gasteiger partial charge in [0.15, 0.2) is 0 Å². The van der Waals surface area contributed by atoms with Gasteiger partial charge in [0.25, 0.3) is 0 Å². The van der Waals surface area contributed by atoms with Gasteiger partial charge >= 0.3 is 0 Å². The van der Waals surface area contributed by atoms with Crippen LogP contribution >= 0.6 is 0 Å². The fourth-order valence-electron chi connectivity index (χ4n) is 3.79. The van der Waals surface area contributed by atoms with Gasteiger partial charge in [-0.25, -0.2) is 4.39 Å². The second kappa shape index (κ2) is 7.92. The minimum atomic E-state index is -0.220. The molecule has 3 aromatic rings. The molecule has 0 aliphatic carbocycles. The van der Waals surface area contributed by atoms with E-state index in [4.69, 9.17) is 4.74 Å². The molecule has 0 saturated carbocycles. The molecular formula is C22H25FN2O. The van der Waals surface area contributed by atoms with Crippen molar-refractivity contribution in [3.63, 3.8) is 0 Å². The molecule has 0 atom stereocenters. The Morgan fingerprint density at radius 1 is 1.04 bits per heavy atom. The lowest BCUT2D eigenvalue weighted by Gasteiger charge is -2.32. The molecule has 1 aliphatic heterocycles. The normalized spacial score (nSPS) is 16.2. The van der Waals surface area contributed by atoms with E-state index >= 15 is 0 Å². The maximum absolute atomic E-state index is 13.0. The third-order valence-electron chi connectivity index (χ3n) is 5.25. The highest BCUT2D eigenvalue weighted by Crippen LogP contribution is 2.21. The number of para-hydroxylation sites is 1. The third kappa shape index (κ3) is 4.07. The summed E-state index contributed by atoms with van der Waals surface area (Å²) in [6, 6.07) is 14.8. The molecule has 136 valence electrons. The van der Waals surface area contributed by atoms with E-state index in [0.29, 0.717) is 0 Å². The number of H-pyrrole nitrogens is 1. The molecule has 2 aromatic carbocycles. The first kappa shape index (κ1) is 17.1. The number of rotatable bonds is 6. The Morgan fingerprint density at radius 3 is 2.62 bits per heavy atom. The smallest absolute Gasteiger partial charge is 0.123 e. The summed E-state index contributed by atoms with van der Waals surface area (Å²) >= 11 is 0. The molecule has 1 saturated heterocycles. The second-order valence-corrected chi connectivity index (χ2v) is 7.08. The average Bonchev–Trinajstić information content (AvgIpc) is 3.08. The van der Waals surface area contributed by atoms with Crippen molar-refractivity contribution >= 4 is 10.9 Å². The van der Waals surface area contributed by atoms with E-state index in [2.05, 4.69) is 40.3 Å². The van der Waals surface area contributed by atoms with Gasteiger partial charge in [-0.2, -0.15) is 0 Å². The van der Waals surface area contributed by atoms with Crippen molar-refractivity contribution in [2.75, 3.05) is 19.6 Å². The van der Waals surface area contributed by atoms with Crippen molar-refractivity contribution in [2.24, 2.45) is 0 Å². The number of benzene rings is 2. The molecule has 3 nitrogen and oxygen atoms in total. The van der Waals surface area contributed by atoms with Crippen molar-refractivity contribution < 1.29 is 9.13 Å². The Labute approximate surface area is 153 Å². The van der Waals surface area contributed by atoms with Gasteiger partial charge in [0.2, 0.25) is 0 Å². The predicted molar refractivity (Wildman–Crippen MR) is 103 cm³/mol. The number of aromatic amines is 1. The molecule has 4 heteroatoms. The molecule has 1 aliphatic rings. The highest BCUT2D eigenvalue weighted by molar-refractivity contribution is 5.82. The Kier molecular flexibility index (Phi) is 5.21. The molecule has 0 unspecified atom stereocenters. The topological polar surface area (TPSA) is 28.3 Å². The van der Waals surface area contributed by atoms with Gasteiger partial charge < -0.3 is 14.6 Å². The van der Waals surface area contributed by atoms with Crippen LogP contribution in [0.3, 0.4) is 0 Å². The van der Waals surface area contributed by atoms with E-state index in [1.54, 1.807) is 12.1 Å². The van der Waals surface area contributed by atoms with E-state index in [-0.39, 0.29) is 11.9 Å². The van der Waals surface area contributed by atoms with Crippen molar-refractivity contribution in [2.45, 2.75) is 31.8 Å². The molecular weight excluding hydrogens is 327 g/mol. The summed E-state index contributed by atoms with van der Waals surface area (Å²) in [5, 5.41) is 1.35. The molecule has 0 bridgehead atoms. The molecule has 1 aromatic heterocycles. The fraction of sp³-hybridized carbons (Fsp3) is 0.364. The van der Waals surface area contributed by atoms with Crippen LogP contribution in [0.5, 0.6) is 5.75 Å². The molecule has 0 amide bonds. The van der Waals surface area contributed by atoms with E-state index in [9.17, 15) is 4.39 Å². The molecule has 4 rings (SSSR count). The monoisotopic (exact) mass is 352 g/mol. The van der Waals surface area contributed by atoms with Crippen molar-refractivity contribution in [1.29, 1.82) is 0 Å². The summed E-state index contributed by atoms with van der Waals surface area (Å²) < 4.78 is 18.9. The van der Waals surface area contributed by atoms with E-state index in [1.807, 2.05) is 0 Å². The largest absolute Gasteiger partial charge is 0.490 e. The summed E-state index contributed by atoms with van der Waals surface area (Å²) in [6.07, 6.45) is 6.73. The number of aromatic nitrogens is 1.